The van der Waals surface area contributed by atoms with Gasteiger partial charge in [0.1, 0.15) is 22.2 Å². The summed E-state index contributed by atoms with van der Waals surface area (Å²) in [7, 11) is 0. The van der Waals surface area contributed by atoms with Gasteiger partial charge in [-0.3, -0.25) is 4.90 Å². The van der Waals surface area contributed by atoms with Gasteiger partial charge in [0.15, 0.2) is 5.65 Å². The predicted molar refractivity (Wildman–Crippen MR) is 143 cm³/mol. The third kappa shape index (κ3) is 6.13. The third-order valence-corrected chi connectivity index (χ3v) is 7.03. The van der Waals surface area contributed by atoms with Crippen molar-refractivity contribution in [1.29, 1.82) is 0 Å². The summed E-state index contributed by atoms with van der Waals surface area (Å²) >= 11 is 6.46. The number of piperidine rings is 1. The quantitative estimate of drug-likeness (QED) is 0.421. The summed E-state index contributed by atoms with van der Waals surface area (Å²) in [5.41, 5.74) is 0.380. The topological polar surface area (TPSA) is 89.3 Å². The number of ether oxygens (including phenoxy) is 2. The van der Waals surface area contributed by atoms with E-state index in [1.165, 1.54) is 0 Å². The van der Waals surface area contributed by atoms with Gasteiger partial charge in [0.2, 0.25) is 0 Å². The van der Waals surface area contributed by atoms with Crippen LogP contribution in [0.25, 0.3) is 5.65 Å². The molecule has 204 valence electrons. The van der Waals surface area contributed by atoms with E-state index in [4.69, 9.17) is 21.1 Å². The third-order valence-electron chi connectivity index (χ3n) is 6.84. The molecule has 2 aliphatic rings. The first kappa shape index (κ1) is 27.5. The van der Waals surface area contributed by atoms with Gasteiger partial charge in [-0.05, 0) is 79.1 Å². The predicted octanol–water partition coefficient (Wildman–Crippen LogP) is 6.43. The highest BCUT2D eigenvalue weighted by Crippen LogP contribution is 2.40. The minimum absolute atomic E-state index is 0.0948. The summed E-state index contributed by atoms with van der Waals surface area (Å²) in [6, 6.07) is 1.86. The molecular weight excluding hydrogens is 494 g/mol. The lowest BCUT2D eigenvalue weighted by Crippen LogP contribution is -2.51. The fourth-order valence-electron chi connectivity index (χ4n) is 5.42. The van der Waals surface area contributed by atoms with Crippen molar-refractivity contribution in [2.24, 2.45) is 5.92 Å². The van der Waals surface area contributed by atoms with Crippen LogP contribution in [0.2, 0.25) is 5.15 Å². The van der Waals surface area contributed by atoms with E-state index in [1.54, 1.807) is 21.7 Å². The number of carbonyl (C=O) groups excluding carboxylic acids is 2. The Morgan fingerprint density at radius 3 is 2.22 bits per heavy atom. The number of rotatable bonds is 4. The Labute approximate surface area is 224 Å². The number of aromatic nitrogens is 3. The molecule has 0 aromatic carbocycles. The van der Waals surface area contributed by atoms with Gasteiger partial charge in [-0.2, -0.15) is 9.61 Å². The molecule has 2 saturated heterocycles. The molecule has 0 N–H and O–H groups in total. The molecule has 2 aliphatic heterocycles. The monoisotopic (exact) mass is 533 g/mol. The van der Waals surface area contributed by atoms with E-state index < -0.39 is 17.3 Å². The van der Waals surface area contributed by atoms with Gasteiger partial charge in [0, 0.05) is 30.3 Å². The SMILES string of the molecule is CC(C)c1cnn2c(N(CC3CC4CCC(C3)N4C(=O)OC(C)(C)C)C(=O)OC(C)(C)C)cc(Cl)nc12. The summed E-state index contributed by atoms with van der Waals surface area (Å²) in [6.45, 7) is 15.8. The Morgan fingerprint density at radius 2 is 1.68 bits per heavy atom. The van der Waals surface area contributed by atoms with Crippen molar-refractivity contribution in [3.63, 3.8) is 0 Å². The standard InChI is InChI=1S/C27H40ClN5O4/c1-16(2)20-14-29-33-22(13-21(28)30-23(20)33)31(24(34)36-26(3,4)5)15-17-11-18-9-10-19(12-17)32(18)25(35)37-27(6,7)8/h13-14,16-19H,9-12,15H2,1-8H3. The van der Waals surface area contributed by atoms with E-state index in [9.17, 15) is 9.59 Å². The highest BCUT2D eigenvalue weighted by molar-refractivity contribution is 6.29. The normalized spacial score (nSPS) is 22.0. The highest BCUT2D eigenvalue weighted by Gasteiger charge is 2.45. The highest BCUT2D eigenvalue weighted by atomic mass is 35.5. The van der Waals surface area contributed by atoms with Crippen LogP contribution in [-0.4, -0.2) is 61.5 Å². The number of hydrogen-bond acceptors (Lipinski definition) is 6. The lowest BCUT2D eigenvalue weighted by Gasteiger charge is -2.40. The second-order valence-electron chi connectivity index (χ2n) is 12.6. The number of carbonyl (C=O) groups is 2. The fourth-order valence-corrected chi connectivity index (χ4v) is 5.60. The van der Waals surface area contributed by atoms with E-state index in [1.807, 2.05) is 46.4 Å². The molecule has 2 aromatic heterocycles. The smallest absolute Gasteiger partial charge is 0.416 e. The van der Waals surface area contributed by atoms with Crippen LogP contribution in [0.4, 0.5) is 15.4 Å². The largest absolute Gasteiger partial charge is 0.444 e. The van der Waals surface area contributed by atoms with Crippen molar-refractivity contribution in [3.05, 3.63) is 23.0 Å². The Bertz CT molecular complexity index is 1150. The molecule has 10 heteroatoms. The molecule has 0 radical (unpaired) electrons. The summed E-state index contributed by atoms with van der Waals surface area (Å²) in [4.78, 5) is 34.5. The zero-order valence-corrected chi connectivity index (χ0v) is 24.0. The Balaban J connectivity index is 1.64. The molecule has 2 atom stereocenters. The van der Waals surface area contributed by atoms with Gasteiger partial charge in [-0.1, -0.05) is 25.4 Å². The lowest BCUT2D eigenvalue weighted by atomic mass is 9.90. The molecule has 0 spiro atoms. The van der Waals surface area contributed by atoms with Crippen LogP contribution in [0.3, 0.4) is 0 Å². The van der Waals surface area contributed by atoms with Gasteiger partial charge >= 0.3 is 12.2 Å². The van der Waals surface area contributed by atoms with Gasteiger partial charge in [0.25, 0.3) is 0 Å². The number of nitrogens with zero attached hydrogens (tertiary/aromatic N) is 5. The summed E-state index contributed by atoms with van der Waals surface area (Å²) in [5, 5.41) is 4.85. The van der Waals surface area contributed by atoms with Crippen LogP contribution < -0.4 is 4.90 Å². The molecule has 2 fully saturated rings. The number of hydrogen-bond donors (Lipinski definition) is 0. The molecule has 9 nitrogen and oxygen atoms in total. The summed E-state index contributed by atoms with van der Waals surface area (Å²) in [5.74, 6) is 0.892. The van der Waals surface area contributed by atoms with Gasteiger partial charge in [-0.25, -0.2) is 14.6 Å². The van der Waals surface area contributed by atoms with E-state index in [-0.39, 0.29) is 30.0 Å². The second-order valence-corrected chi connectivity index (χ2v) is 13.0. The van der Waals surface area contributed by atoms with Crippen molar-refractivity contribution in [1.82, 2.24) is 19.5 Å². The molecule has 0 aliphatic carbocycles. The van der Waals surface area contributed by atoms with E-state index in [0.717, 1.165) is 31.2 Å². The van der Waals surface area contributed by atoms with Crippen molar-refractivity contribution in [2.75, 3.05) is 11.4 Å². The van der Waals surface area contributed by atoms with Crippen molar-refractivity contribution in [3.8, 4) is 0 Å². The first-order valence-electron chi connectivity index (χ1n) is 13.2. The lowest BCUT2D eigenvalue weighted by molar-refractivity contribution is 0.00208. The van der Waals surface area contributed by atoms with E-state index in [2.05, 4.69) is 23.9 Å². The van der Waals surface area contributed by atoms with Gasteiger partial charge < -0.3 is 14.4 Å². The molecule has 2 unspecified atom stereocenters. The van der Waals surface area contributed by atoms with Gasteiger partial charge in [-0.15, -0.1) is 0 Å². The Morgan fingerprint density at radius 1 is 1.08 bits per heavy atom. The Hall–Kier alpha value is -2.55. The van der Waals surface area contributed by atoms with E-state index in [0.29, 0.717) is 23.2 Å². The molecule has 2 aromatic rings. The summed E-state index contributed by atoms with van der Waals surface area (Å²) in [6.07, 6.45) is 4.52. The summed E-state index contributed by atoms with van der Waals surface area (Å²) < 4.78 is 13.2. The van der Waals surface area contributed by atoms with Crippen LogP contribution in [0.1, 0.15) is 92.6 Å². The maximum atomic E-state index is 13.6. The Kier molecular flexibility index (Phi) is 7.40. The van der Waals surface area contributed by atoms with Crippen molar-refractivity contribution >= 4 is 35.3 Å². The average molecular weight is 534 g/mol. The zero-order valence-electron chi connectivity index (χ0n) is 23.2. The first-order valence-corrected chi connectivity index (χ1v) is 13.6. The molecule has 2 bridgehead atoms. The van der Waals surface area contributed by atoms with E-state index >= 15 is 0 Å². The number of fused-ring (bicyclic) bond motifs is 3. The molecular formula is C27H40ClN5O4. The minimum Gasteiger partial charge on any atom is -0.444 e. The zero-order chi connectivity index (χ0) is 27.3. The van der Waals surface area contributed by atoms with Crippen LogP contribution >= 0.6 is 11.6 Å². The fraction of sp³-hybridized carbons (Fsp3) is 0.704. The van der Waals surface area contributed by atoms with Crippen molar-refractivity contribution in [2.45, 2.75) is 110 Å². The molecule has 4 heterocycles. The maximum Gasteiger partial charge on any atom is 0.416 e. The number of halogens is 1. The maximum absolute atomic E-state index is 13.6. The van der Waals surface area contributed by atoms with Crippen LogP contribution in [0, 0.1) is 5.92 Å². The molecule has 0 saturated carbocycles. The second kappa shape index (κ2) is 9.97. The van der Waals surface area contributed by atoms with Crippen LogP contribution in [-0.2, 0) is 9.47 Å². The number of anilines is 1. The average Bonchev–Trinajstić information content (AvgIpc) is 3.27. The van der Waals surface area contributed by atoms with Crippen LogP contribution in [0.15, 0.2) is 12.3 Å². The molecule has 37 heavy (non-hydrogen) atoms. The minimum atomic E-state index is -0.669. The molecule has 4 rings (SSSR count). The van der Waals surface area contributed by atoms with Gasteiger partial charge in [0.05, 0.1) is 6.20 Å². The van der Waals surface area contributed by atoms with Crippen LogP contribution in [0.5, 0.6) is 0 Å². The van der Waals surface area contributed by atoms with Crippen molar-refractivity contribution < 1.29 is 19.1 Å². The molecule has 2 amide bonds. The first-order chi connectivity index (χ1) is 17.1. The number of amides is 2.